The van der Waals surface area contributed by atoms with Crippen molar-refractivity contribution in [3.8, 4) is 0 Å². The fourth-order valence-corrected chi connectivity index (χ4v) is 3.00. The molecule has 2 rings (SSSR count). The summed E-state index contributed by atoms with van der Waals surface area (Å²) < 4.78 is 41.2. The lowest BCUT2D eigenvalue weighted by atomic mass is 10.2. The Morgan fingerprint density at radius 3 is 2.33 bits per heavy atom. The molecule has 5 nitrogen and oxygen atoms in total. The first-order chi connectivity index (χ1) is 6.74. The van der Waals surface area contributed by atoms with Gasteiger partial charge in [0.1, 0.15) is 4.75 Å². The van der Waals surface area contributed by atoms with Crippen LogP contribution in [-0.4, -0.2) is 36.2 Å². The van der Waals surface area contributed by atoms with Crippen molar-refractivity contribution in [3.63, 3.8) is 0 Å². The van der Waals surface area contributed by atoms with E-state index in [2.05, 4.69) is 0 Å². The molecular formula is C9H16O5S. The van der Waals surface area contributed by atoms with Crippen molar-refractivity contribution < 1.29 is 22.4 Å². The van der Waals surface area contributed by atoms with Gasteiger partial charge in [-0.1, -0.05) is 0 Å². The Bertz CT molecular complexity index is 355. The van der Waals surface area contributed by atoms with E-state index in [9.17, 15) is 8.42 Å². The second kappa shape index (κ2) is 3.16. The van der Waals surface area contributed by atoms with Crippen LogP contribution in [0.25, 0.3) is 0 Å². The molecule has 1 saturated carbocycles. The molecule has 1 atom stereocenters. The van der Waals surface area contributed by atoms with Crippen LogP contribution in [0.1, 0.15) is 33.1 Å². The van der Waals surface area contributed by atoms with E-state index in [1.807, 2.05) is 0 Å². The molecule has 0 amide bonds. The lowest BCUT2D eigenvalue weighted by molar-refractivity contribution is -0.139. The van der Waals surface area contributed by atoms with Gasteiger partial charge >= 0.3 is 0 Å². The molecule has 6 heteroatoms. The van der Waals surface area contributed by atoms with Crippen molar-refractivity contribution in [3.05, 3.63) is 0 Å². The third kappa shape index (κ3) is 2.18. The van der Waals surface area contributed by atoms with Gasteiger partial charge in [0.2, 0.25) is 0 Å². The number of ether oxygens (including phenoxy) is 2. The molecule has 88 valence electrons. The third-order valence-corrected chi connectivity index (χ3v) is 4.69. The Hall–Kier alpha value is -0.170. The summed E-state index contributed by atoms with van der Waals surface area (Å²) in [5.41, 5.74) is 0. The van der Waals surface area contributed by atoms with Crippen LogP contribution in [0.15, 0.2) is 0 Å². The van der Waals surface area contributed by atoms with Crippen molar-refractivity contribution in [2.45, 2.75) is 49.7 Å². The minimum absolute atomic E-state index is 0.232. The van der Waals surface area contributed by atoms with Crippen LogP contribution in [0.2, 0.25) is 0 Å². The van der Waals surface area contributed by atoms with E-state index in [0.717, 1.165) is 0 Å². The van der Waals surface area contributed by atoms with Crippen LogP contribution < -0.4 is 0 Å². The average molecular weight is 236 g/mol. The van der Waals surface area contributed by atoms with E-state index < -0.39 is 20.7 Å². The fraction of sp³-hybridized carbons (Fsp3) is 1.00. The molecule has 0 aromatic heterocycles. The van der Waals surface area contributed by atoms with Crippen LogP contribution in [0.3, 0.4) is 0 Å². The van der Waals surface area contributed by atoms with E-state index in [4.69, 9.17) is 14.0 Å². The maximum atomic E-state index is 11.1. The minimum atomic E-state index is -3.95. The van der Waals surface area contributed by atoms with Crippen molar-refractivity contribution in [1.29, 1.82) is 0 Å². The number of rotatable bonds is 3. The molecule has 2 aliphatic rings. The summed E-state index contributed by atoms with van der Waals surface area (Å²) in [7, 11) is -3.95. The van der Waals surface area contributed by atoms with Gasteiger partial charge < -0.3 is 9.47 Å². The second-order valence-corrected chi connectivity index (χ2v) is 6.63. The topological polar surface area (TPSA) is 72.8 Å². The quantitative estimate of drug-likeness (QED) is 0.738. The molecule has 1 N–H and O–H groups in total. The molecule has 0 bridgehead atoms. The third-order valence-electron chi connectivity index (χ3n) is 3.02. The minimum Gasteiger partial charge on any atom is -0.348 e. The van der Waals surface area contributed by atoms with Crippen LogP contribution in [0.4, 0.5) is 0 Å². The maximum absolute atomic E-state index is 11.1. The zero-order valence-electron chi connectivity index (χ0n) is 8.89. The highest BCUT2D eigenvalue weighted by atomic mass is 32.2. The zero-order valence-corrected chi connectivity index (χ0v) is 9.71. The molecular weight excluding hydrogens is 220 g/mol. The van der Waals surface area contributed by atoms with Gasteiger partial charge in [-0.3, -0.25) is 4.55 Å². The molecule has 2 fully saturated rings. The first-order valence-corrected chi connectivity index (χ1v) is 6.47. The summed E-state index contributed by atoms with van der Waals surface area (Å²) in [4.78, 5) is 0. The summed E-state index contributed by atoms with van der Waals surface area (Å²) in [5.74, 6) is -0.639. The zero-order chi connectivity index (χ0) is 11.3. The smallest absolute Gasteiger partial charge is 0.270 e. The van der Waals surface area contributed by atoms with Crippen LogP contribution in [-0.2, 0) is 19.6 Å². The van der Waals surface area contributed by atoms with E-state index in [-0.39, 0.29) is 6.10 Å². The Balaban J connectivity index is 2.00. The monoisotopic (exact) mass is 236 g/mol. The molecule has 0 aromatic carbocycles. The van der Waals surface area contributed by atoms with E-state index in [1.165, 1.54) is 0 Å². The molecule has 0 aromatic rings. The lowest BCUT2D eigenvalue weighted by Gasteiger charge is -2.19. The molecule has 1 saturated heterocycles. The summed E-state index contributed by atoms with van der Waals surface area (Å²) in [6, 6.07) is 0. The molecule has 1 aliphatic carbocycles. The normalized spacial score (nSPS) is 32.9. The van der Waals surface area contributed by atoms with Crippen molar-refractivity contribution in [2.24, 2.45) is 0 Å². The van der Waals surface area contributed by atoms with E-state index in [1.54, 1.807) is 13.8 Å². The SMILES string of the molecule is CC1(C)OCC(CC2(S(=O)(=O)O)CC2)O1. The molecule has 1 unspecified atom stereocenters. The first-order valence-electron chi connectivity index (χ1n) is 5.03. The predicted molar refractivity (Wildman–Crippen MR) is 53.0 cm³/mol. The van der Waals surface area contributed by atoms with Gasteiger partial charge in [0, 0.05) is 0 Å². The van der Waals surface area contributed by atoms with Gasteiger partial charge in [-0.2, -0.15) is 8.42 Å². The van der Waals surface area contributed by atoms with Crippen molar-refractivity contribution in [2.75, 3.05) is 6.61 Å². The van der Waals surface area contributed by atoms with Gasteiger partial charge in [0.15, 0.2) is 5.79 Å². The molecule has 15 heavy (non-hydrogen) atoms. The average Bonchev–Trinajstić information content (AvgIpc) is 2.73. The van der Waals surface area contributed by atoms with Crippen LogP contribution in [0, 0.1) is 0 Å². The highest BCUT2D eigenvalue weighted by Crippen LogP contribution is 2.48. The van der Waals surface area contributed by atoms with Gasteiger partial charge in [-0.05, 0) is 33.1 Å². The van der Waals surface area contributed by atoms with Gasteiger partial charge in [0.25, 0.3) is 10.1 Å². The predicted octanol–water partition coefficient (Wildman–Crippen LogP) is 0.948. The Labute approximate surface area is 89.5 Å². The Morgan fingerprint density at radius 2 is 2.00 bits per heavy atom. The van der Waals surface area contributed by atoms with Gasteiger partial charge in [-0.25, -0.2) is 0 Å². The molecule has 1 aliphatic heterocycles. The summed E-state index contributed by atoms with van der Waals surface area (Å²) in [6.45, 7) is 3.98. The largest absolute Gasteiger partial charge is 0.348 e. The van der Waals surface area contributed by atoms with Gasteiger partial charge in [0.05, 0.1) is 12.7 Å². The Morgan fingerprint density at radius 1 is 1.40 bits per heavy atom. The summed E-state index contributed by atoms with van der Waals surface area (Å²) in [6.07, 6.45) is 1.14. The standard InChI is InChI=1S/C9H16O5S/c1-8(2)13-6-7(14-8)5-9(3-4-9)15(10,11)12/h7H,3-6H2,1-2H3,(H,10,11,12). The number of hydrogen-bond acceptors (Lipinski definition) is 4. The van der Waals surface area contributed by atoms with Crippen molar-refractivity contribution >= 4 is 10.1 Å². The fourth-order valence-electron chi connectivity index (χ4n) is 1.99. The van der Waals surface area contributed by atoms with Crippen LogP contribution >= 0.6 is 0 Å². The summed E-state index contributed by atoms with van der Waals surface area (Å²) >= 11 is 0. The van der Waals surface area contributed by atoms with E-state index >= 15 is 0 Å². The van der Waals surface area contributed by atoms with E-state index in [0.29, 0.717) is 25.9 Å². The second-order valence-electron chi connectivity index (χ2n) is 4.81. The molecule has 1 heterocycles. The van der Waals surface area contributed by atoms with Gasteiger partial charge in [-0.15, -0.1) is 0 Å². The lowest BCUT2D eigenvalue weighted by Crippen LogP contribution is -2.30. The molecule has 0 radical (unpaired) electrons. The van der Waals surface area contributed by atoms with Crippen LogP contribution in [0.5, 0.6) is 0 Å². The Kier molecular flexibility index (Phi) is 2.39. The molecule has 0 spiro atoms. The highest BCUT2D eigenvalue weighted by Gasteiger charge is 2.56. The van der Waals surface area contributed by atoms with Crippen molar-refractivity contribution in [1.82, 2.24) is 0 Å². The maximum Gasteiger partial charge on any atom is 0.270 e. The summed E-state index contributed by atoms with van der Waals surface area (Å²) in [5, 5.41) is 0. The first kappa shape index (κ1) is 11.3. The highest BCUT2D eigenvalue weighted by molar-refractivity contribution is 7.87. The number of hydrogen-bond donors (Lipinski definition) is 1.